The number of nitrogens with zero attached hydrogens (tertiary/aromatic N) is 3. The van der Waals surface area contributed by atoms with E-state index in [1.54, 1.807) is 0 Å². The van der Waals surface area contributed by atoms with Crippen LogP contribution in [0.25, 0.3) is 71.6 Å². The monoisotopic (exact) mass is 552 g/mol. The lowest BCUT2D eigenvalue weighted by atomic mass is 9.97. The topological polar surface area (TPSA) is 63.8 Å². The molecular formula is C38H24N4O. The Labute approximate surface area is 247 Å². The second-order valence-electron chi connectivity index (χ2n) is 11.0. The van der Waals surface area contributed by atoms with Gasteiger partial charge in [0.1, 0.15) is 11.3 Å². The fourth-order valence-electron chi connectivity index (χ4n) is 6.16. The van der Waals surface area contributed by atoms with E-state index in [1.165, 1.54) is 16.2 Å². The smallest absolute Gasteiger partial charge is 0.166 e. The predicted octanol–water partition coefficient (Wildman–Crippen LogP) is 8.90. The minimum atomic E-state index is 0.601. The van der Waals surface area contributed by atoms with E-state index in [2.05, 4.69) is 127 Å². The van der Waals surface area contributed by atoms with Crippen LogP contribution < -0.4 is 5.32 Å². The summed E-state index contributed by atoms with van der Waals surface area (Å²) in [5, 5.41) is 11.4. The Bertz CT molecular complexity index is 2320. The first-order chi connectivity index (χ1) is 21.3. The number of hydrogen-bond acceptors (Lipinski definition) is 5. The summed E-state index contributed by atoms with van der Waals surface area (Å²) in [6.45, 7) is 0.601. The lowest BCUT2D eigenvalue weighted by Gasteiger charge is -2.16. The van der Waals surface area contributed by atoms with Crippen molar-refractivity contribution in [3.05, 3.63) is 145 Å². The van der Waals surface area contributed by atoms with Crippen LogP contribution in [0, 0.1) is 0 Å². The van der Waals surface area contributed by atoms with Crippen molar-refractivity contribution in [2.75, 3.05) is 0 Å². The summed E-state index contributed by atoms with van der Waals surface area (Å²) >= 11 is 0. The Morgan fingerprint density at radius 3 is 1.63 bits per heavy atom. The van der Waals surface area contributed by atoms with Gasteiger partial charge in [-0.05, 0) is 56.6 Å². The van der Waals surface area contributed by atoms with Crippen LogP contribution in [0.1, 0.15) is 17.1 Å². The van der Waals surface area contributed by atoms with Crippen LogP contribution in [0.2, 0.25) is 0 Å². The SMILES string of the molecule is C1=C(c2nc(-c3ccc4ccccc4c3)nc(-c3ccc4ccccc4c3)n2)c2c(oc3cc4ccccc4cc23)CN1. The molecule has 0 aliphatic carbocycles. The largest absolute Gasteiger partial charge is 0.458 e. The van der Waals surface area contributed by atoms with E-state index in [9.17, 15) is 0 Å². The Hall–Kier alpha value is -5.81. The molecule has 6 aromatic carbocycles. The molecule has 0 atom stereocenters. The molecule has 202 valence electrons. The number of furan rings is 1. The van der Waals surface area contributed by atoms with Crippen LogP contribution in [0.3, 0.4) is 0 Å². The Morgan fingerprint density at radius 1 is 0.512 bits per heavy atom. The quantitative estimate of drug-likeness (QED) is 0.237. The van der Waals surface area contributed by atoms with Crippen molar-refractivity contribution in [3.63, 3.8) is 0 Å². The van der Waals surface area contributed by atoms with Crippen LogP contribution in [-0.4, -0.2) is 15.0 Å². The third-order valence-corrected chi connectivity index (χ3v) is 8.30. The van der Waals surface area contributed by atoms with E-state index in [0.29, 0.717) is 24.0 Å². The van der Waals surface area contributed by atoms with Gasteiger partial charge in [0.25, 0.3) is 0 Å². The van der Waals surface area contributed by atoms with Crippen molar-refractivity contribution in [3.8, 4) is 22.8 Å². The molecule has 43 heavy (non-hydrogen) atoms. The fourth-order valence-corrected chi connectivity index (χ4v) is 6.16. The molecule has 5 heteroatoms. The second-order valence-corrected chi connectivity index (χ2v) is 11.0. The van der Waals surface area contributed by atoms with E-state index in [1.807, 2.05) is 6.20 Å². The molecule has 0 radical (unpaired) electrons. The van der Waals surface area contributed by atoms with Crippen molar-refractivity contribution in [1.82, 2.24) is 20.3 Å². The normalized spacial score (nSPS) is 12.9. The summed E-state index contributed by atoms with van der Waals surface area (Å²) in [4.78, 5) is 15.2. The summed E-state index contributed by atoms with van der Waals surface area (Å²) in [5.41, 5.74) is 4.66. The van der Waals surface area contributed by atoms with Crippen LogP contribution in [0.5, 0.6) is 0 Å². The molecule has 0 saturated carbocycles. The zero-order valence-electron chi connectivity index (χ0n) is 23.1. The van der Waals surface area contributed by atoms with Crippen LogP contribution >= 0.6 is 0 Å². The summed E-state index contributed by atoms with van der Waals surface area (Å²) in [7, 11) is 0. The molecule has 1 N–H and O–H groups in total. The van der Waals surface area contributed by atoms with Crippen molar-refractivity contribution in [2.45, 2.75) is 6.54 Å². The number of hydrogen-bond donors (Lipinski definition) is 1. The lowest BCUT2D eigenvalue weighted by Crippen LogP contribution is -2.14. The standard InChI is InChI=1S/C38H24N4O/c1-3-9-25-17-29(15-13-23(25)7-1)36-40-37(30-16-14-24-8-2-4-10-26(24)18-30)42-38(41-36)32-21-39-22-34-35(32)31-19-27-11-5-6-12-28(27)20-33(31)43-34/h1-21,39H,22H2. The summed E-state index contributed by atoms with van der Waals surface area (Å²) < 4.78 is 6.40. The molecule has 2 aromatic heterocycles. The van der Waals surface area contributed by atoms with Gasteiger partial charge in [-0.15, -0.1) is 0 Å². The molecule has 0 fully saturated rings. The maximum absolute atomic E-state index is 6.40. The highest BCUT2D eigenvalue weighted by atomic mass is 16.3. The predicted molar refractivity (Wildman–Crippen MR) is 173 cm³/mol. The van der Waals surface area contributed by atoms with Crippen molar-refractivity contribution in [1.29, 1.82) is 0 Å². The van der Waals surface area contributed by atoms with Gasteiger partial charge in [-0.2, -0.15) is 0 Å². The number of fused-ring (bicyclic) bond motifs is 6. The first-order valence-corrected chi connectivity index (χ1v) is 14.4. The maximum atomic E-state index is 6.40. The van der Waals surface area contributed by atoms with Gasteiger partial charge in [-0.1, -0.05) is 97.1 Å². The van der Waals surface area contributed by atoms with E-state index < -0.39 is 0 Å². The molecule has 5 nitrogen and oxygen atoms in total. The van der Waals surface area contributed by atoms with Crippen LogP contribution in [0.4, 0.5) is 0 Å². The zero-order valence-corrected chi connectivity index (χ0v) is 23.1. The molecular weight excluding hydrogens is 528 g/mol. The van der Waals surface area contributed by atoms with Crippen molar-refractivity contribution in [2.24, 2.45) is 0 Å². The molecule has 1 aliphatic heterocycles. The average molecular weight is 553 g/mol. The molecule has 0 unspecified atom stereocenters. The van der Waals surface area contributed by atoms with E-state index in [-0.39, 0.29) is 0 Å². The van der Waals surface area contributed by atoms with Gasteiger partial charge in [-0.25, -0.2) is 15.0 Å². The van der Waals surface area contributed by atoms with E-state index in [4.69, 9.17) is 19.4 Å². The highest BCUT2D eigenvalue weighted by Crippen LogP contribution is 2.39. The third kappa shape index (κ3) is 3.97. The van der Waals surface area contributed by atoms with E-state index in [0.717, 1.165) is 55.2 Å². The molecule has 0 spiro atoms. The number of benzene rings is 6. The summed E-state index contributed by atoms with van der Waals surface area (Å²) in [6.07, 6.45) is 2.01. The van der Waals surface area contributed by atoms with Gasteiger partial charge in [0.15, 0.2) is 17.5 Å². The fraction of sp³-hybridized carbons (Fsp3) is 0.0263. The number of rotatable bonds is 3. The molecule has 9 rings (SSSR count). The molecule has 8 aromatic rings. The maximum Gasteiger partial charge on any atom is 0.166 e. The number of nitrogens with one attached hydrogen (secondary N) is 1. The highest BCUT2D eigenvalue weighted by molar-refractivity contribution is 6.03. The Balaban J connectivity index is 1.27. The van der Waals surface area contributed by atoms with Crippen molar-refractivity contribution >= 4 is 48.9 Å². The molecule has 0 bridgehead atoms. The molecule has 1 aliphatic rings. The van der Waals surface area contributed by atoms with Gasteiger partial charge in [0, 0.05) is 33.8 Å². The van der Waals surface area contributed by atoms with Gasteiger partial charge >= 0.3 is 0 Å². The van der Waals surface area contributed by atoms with Gasteiger partial charge in [0.05, 0.1) is 6.54 Å². The lowest BCUT2D eigenvalue weighted by molar-refractivity contribution is 0.531. The first-order valence-electron chi connectivity index (χ1n) is 14.4. The molecule has 0 amide bonds. The summed E-state index contributed by atoms with van der Waals surface area (Å²) in [5.74, 6) is 2.74. The van der Waals surface area contributed by atoms with Crippen LogP contribution in [0.15, 0.2) is 132 Å². The summed E-state index contributed by atoms with van der Waals surface area (Å²) in [6, 6.07) is 42.1. The van der Waals surface area contributed by atoms with Gasteiger partial charge < -0.3 is 9.73 Å². The van der Waals surface area contributed by atoms with E-state index >= 15 is 0 Å². The average Bonchev–Trinajstić information content (AvgIpc) is 3.44. The molecule has 3 heterocycles. The zero-order chi connectivity index (χ0) is 28.3. The first kappa shape index (κ1) is 23.9. The van der Waals surface area contributed by atoms with Gasteiger partial charge in [0.2, 0.25) is 0 Å². The Kier molecular flexibility index (Phi) is 5.19. The number of aromatic nitrogens is 3. The van der Waals surface area contributed by atoms with Gasteiger partial charge in [-0.3, -0.25) is 0 Å². The Morgan fingerprint density at radius 2 is 1.02 bits per heavy atom. The minimum absolute atomic E-state index is 0.601. The van der Waals surface area contributed by atoms with Crippen LogP contribution in [-0.2, 0) is 6.54 Å². The highest BCUT2D eigenvalue weighted by Gasteiger charge is 2.25. The third-order valence-electron chi connectivity index (χ3n) is 8.30. The minimum Gasteiger partial charge on any atom is -0.458 e. The second kappa shape index (κ2) is 9.36. The van der Waals surface area contributed by atoms with Crippen molar-refractivity contribution < 1.29 is 4.42 Å². The molecule has 0 saturated heterocycles.